The van der Waals surface area contributed by atoms with Gasteiger partial charge in [0.15, 0.2) is 5.82 Å². The van der Waals surface area contributed by atoms with E-state index in [2.05, 4.69) is 41.3 Å². The van der Waals surface area contributed by atoms with Crippen LogP contribution in [0.1, 0.15) is 55.3 Å². The van der Waals surface area contributed by atoms with Crippen molar-refractivity contribution in [1.29, 1.82) is 0 Å². The fourth-order valence-electron chi connectivity index (χ4n) is 9.82. The molecule has 6 N–H and O–H groups in total. The van der Waals surface area contributed by atoms with Crippen molar-refractivity contribution in [2.75, 3.05) is 82.4 Å². The van der Waals surface area contributed by atoms with E-state index in [4.69, 9.17) is 30.6 Å². The van der Waals surface area contributed by atoms with E-state index < -0.39 is 29.8 Å². The number of aliphatic hydroxyl groups is 1. The second kappa shape index (κ2) is 24.5. The van der Waals surface area contributed by atoms with Crippen LogP contribution in [0, 0.1) is 25.6 Å². The summed E-state index contributed by atoms with van der Waals surface area (Å²) < 4.78 is 34.5. The zero-order valence-electron chi connectivity index (χ0n) is 42.8. The molecule has 2 aliphatic heterocycles. The minimum absolute atomic E-state index is 0.0198. The van der Waals surface area contributed by atoms with E-state index in [9.17, 15) is 24.6 Å². The first kappa shape index (κ1) is 54.0. The summed E-state index contributed by atoms with van der Waals surface area (Å²) in [6.07, 6.45) is -0.602. The molecule has 0 spiro atoms. The maximum absolute atomic E-state index is 16.9. The number of carbonyl (C=O) groups is 3. The van der Waals surface area contributed by atoms with Gasteiger partial charge in [0.2, 0.25) is 17.8 Å². The second-order valence-electron chi connectivity index (χ2n) is 19.4. The maximum atomic E-state index is 16.9. The van der Waals surface area contributed by atoms with Gasteiger partial charge in [0.1, 0.15) is 52.9 Å². The van der Waals surface area contributed by atoms with Crippen molar-refractivity contribution in [3.05, 3.63) is 106 Å². The molecule has 2 saturated heterocycles. The number of Topliss-reactive ketones (excluding diaryl/α,β-unsaturated/α-hetero) is 1. The van der Waals surface area contributed by atoms with Crippen molar-refractivity contribution in [1.82, 2.24) is 41.0 Å². The largest absolute Gasteiger partial charge is 0.508 e. The van der Waals surface area contributed by atoms with E-state index in [1.807, 2.05) is 63.2 Å². The third kappa shape index (κ3) is 12.4. The van der Waals surface area contributed by atoms with E-state index in [-0.39, 0.29) is 97.6 Å². The average molecular weight is 1080 g/mol. The maximum Gasteiger partial charge on any atom is 0.243 e. The highest BCUT2D eigenvalue weighted by molar-refractivity contribution is 7.13. The van der Waals surface area contributed by atoms with Crippen LogP contribution in [0.25, 0.3) is 43.2 Å². The van der Waals surface area contributed by atoms with E-state index in [0.29, 0.717) is 65.8 Å². The molecule has 0 saturated carbocycles. The number of rotatable bonds is 22. The molecule has 3 aromatic heterocycles. The Morgan fingerprint density at radius 1 is 1.00 bits per heavy atom. The molecular weight excluding hydrogens is 1020 g/mol. The molecule has 0 unspecified atom stereocenters. The molecule has 2 aliphatic rings. The number of β-amino-alcohol motifs (C(OH)–C–C–N with tert-alkyl or cyclic N) is 1. The number of thiazole rings is 1. The number of ketones is 1. The van der Waals surface area contributed by atoms with Crippen molar-refractivity contribution in [2.24, 2.45) is 5.92 Å². The molecule has 2 amide bonds. The van der Waals surface area contributed by atoms with Gasteiger partial charge in [-0.1, -0.05) is 67.0 Å². The summed E-state index contributed by atoms with van der Waals surface area (Å²) in [6.45, 7) is 11.8. The molecule has 0 radical (unpaired) electrons. The molecule has 5 heterocycles. The minimum atomic E-state index is -0.880. The molecule has 21 heteroatoms. The van der Waals surface area contributed by atoms with Crippen molar-refractivity contribution in [2.45, 2.75) is 65.1 Å². The highest BCUT2D eigenvalue weighted by atomic mass is 35.5. The van der Waals surface area contributed by atoms with Gasteiger partial charge in [-0.15, -0.1) is 11.3 Å². The van der Waals surface area contributed by atoms with Crippen molar-refractivity contribution < 1.29 is 43.0 Å². The number of benzene rings is 4. The van der Waals surface area contributed by atoms with Gasteiger partial charge in [0.25, 0.3) is 0 Å². The third-order valence-corrected chi connectivity index (χ3v) is 14.9. The number of carbonyl (C=O) groups excluding carboxylic acids is 3. The number of fused-ring (bicyclic) bond motifs is 2. The van der Waals surface area contributed by atoms with Crippen LogP contribution >= 0.6 is 22.9 Å². The quantitative estimate of drug-likeness (QED) is 0.0370. The lowest BCUT2D eigenvalue weighted by Crippen LogP contribution is -2.48. The highest BCUT2D eigenvalue weighted by Crippen LogP contribution is 2.43. The predicted molar refractivity (Wildman–Crippen MR) is 291 cm³/mol. The molecule has 76 heavy (non-hydrogen) atoms. The highest BCUT2D eigenvalue weighted by Gasteiger charge is 2.43. The number of ether oxygens (including phenoxy) is 2. The van der Waals surface area contributed by atoms with E-state index in [1.54, 1.807) is 30.6 Å². The van der Waals surface area contributed by atoms with E-state index in [1.165, 1.54) is 22.3 Å². The zero-order chi connectivity index (χ0) is 53.5. The standard InChI is InChI=1S/C55H62ClFN10O8S/c1-31(2)47(46-21-32(3)65-75-46)54(72)67-29-39(70)25-44(67)53(71)61-27-36-10-9-35(51-33(4)62-30-76-51)23-45(36)74-20-19-73-18-15-59-28-37(68)11-12-60-55-63-50-42(52(64-55)66-16-13-58-14-17-66)26-43(56)48(49(50)57)41-24-38(69)22-34-7-5-6-8-40(34)41/h5-10,21-24,26,30-31,39,44,47,58-59,69-70H,11-20,25,27-29H2,1-4H3,(H,61,71)(H,60,63,64)/t39-,44+,47-/m1/s1. The lowest BCUT2D eigenvalue weighted by molar-refractivity contribution is -0.141. The molecule has 2 fully saturated rings. The first-order chi connectivity index (χ1) is 36.7. The summed E-state index contributed by atoms with van der Waals surface area (Å²) >= 11 is 8.37. The number of amides is 2. The summed E-state index contributed by atoms with van der Waals surface area (Å²) in [7, 11) is 0. The van der Waals surface area contributed by atoms with E-state index in [0.717, 1.165) is 40.0 Å². The Labute approximate surface area is 448 Å². The topological polar surface area (TPSA) is 229 Å². The van der Waals surface area contributed by atoms with Crippen LogP contribution in [0.15, 0.2) is 76.8 Å². The van der Waals surface area contributed by atoms with Crippen LogP contribution < -0.4 is 30.9 Å². The number of nitrogens with one attached hydrogen (secondary N) is 4. The van der Waals surface area contributed by atoms with Gasteiger partial charge in [0, 0.05) is 87.8 Å². The zero-order valence-corrected chi connectivity index (χ0v) is 44.4. The summed E-state index contributed by atoms with van der Waals surface area (Å²) in [5, 5.41) is 39.9. The Kier molecular flexibility index (Phi) is 17.4. The Balaban J connectivity index is 0.766. The van der Waals surface area contributed by atoms with Crippen molar-refractivity contribution in [3.63, 3.8) is 0 Å². The summed E-state index contributed by atoms with van der Waals surface area (Å²) in [4.78, 5) is 59.0. The van der Waals surface area contributed by atoms with Crippen molar-refractivity contribution in [3.8, 4) is 33.1 Å². The van der Waals surface area contributed by atoms with Gasteiger partial charge in [-0.2, -0.15) is 4.98 Å². The Morgan fingerprint density at radius 3 is 2.58 bits per heavy atom. The van der Waals surface area contributed by atoms with Gasteiger partial charge < -0.3 is 55.3 Å². The average Bonchev–Trinajstić information content (AvgIpc) is 4.16. The number of phenolic OH excluding ortho intramolecular Hbond substituents is 1. The monoisotopic (exact) mass is 1080 g/mol. The Bertz CT molecular complexity index is 3220. The number of halogens is 2. The summed E-state index contributed by atoms with van der Waals surface area (Å²) in [5.41, 5.74) is 5.56. The van der Waals surface area contributed by atoms with Crippen LogP contribution in [0.3, 0.4) is 0 Å². The van der Waals surface area contributed by atoms with Gasteiger partial charge in [-0.25, -0.2) is 14.4 Å². The Morgan fingerprint density at radius 2 is 1.82 bits per heavy atom. The van der Waals surface area contributed by atoms with Crippen molar-refractivity contribution >= 4 is 74.0 Å². The molecule has 4 aromatic carbocycles. The number of nitrogens with zero attached hydrogens (tertiary/aromatic N) is 6. The Hall–Kier alpha value is -6.81. The number of hydrogen-bond donors (Lipinski definition) is 6. The molecule has 400 valence electrons. The number of likely N-dealkylation sites (tertiary alicyclic amines) is 1. The molecule has 0 aliphatic carbocycles. The number of anilines is 2. The number of aryl methyl sites for hydroxylation is 2. The molecule has 0 bridgehead atoms. The molecular formula is C55H62ClFN10O8S. The number of hydrogen-bond acceptors (Lipinski definition) is 17. The predicted octanol–water partition coefficient (Wildman–Crippen LogP) is 7.16. The SMILES string of the molecule is Cc1cc([C@H](C(=O)N2C[C@H](O)C[C@H]2C(=O)NCc2ccc(-c3scnc3C)cc2OCCOCCNCC(=O)CCNc2nc(N3CCNCC3)c3cc(Cl)c(-c4cc(O)cc5ccccc45)c(F)c3n2)C(C)C)on1. The second-order valence-corrected chi connectivity index (χ2v) is 20.7. The fraction of sp³-hybridized carbons (Fsp3) is 0.400. The molecule has 18 nitrogen and oxygen atoms in total. The molecule has 9 rings (SSSR count). The first-order valence-electron chi connectivity index (χ1n) is 25.5. The normalized spacial score (nSPS) is 16.2. The molecule has 3 atom stereocenters. The smallest absolute Gasteiger partial charge is 0.243 e. The third-order valence-electron chi connectivity index (χ3n) is 13.6. The number of piperazine rings is 1. The molecule has 7 aromatic rings. The van der Waals surface area contributed by atoms with Crippen LogP contribution in [-0.4, -0.2) is 137 Å². The van der Waals surface area contributed by atoms with Gasteiger partial charge in [0.05, 0.1) is 52.7 Å². The number of phenols is 1. The summed E-state index contributed by atoms with van der Waals surface area (Å²) in [6, 6.07) is 18.8. The van der Waals surface area contributed by atoms with Crippen LogP contribution in [0.5, 0.6) is 11.5 Å². The fourth-order valence-corrected chi connectivity index (χ4v) is 10.9. The number of aromatic hydroxyl groups is 1. The van der Waals surface area contributed by atoms with Gasteiger partial charge in [-0.05, 0) is 65.9 Å². The van der Waals surface area contributed by atoms with Gasteiger partial charge >= 0.3 is 0 Å². The van der Waals surface area contributed by atoms with Crippen LogP contribution in [0.4, 0.5) is 16.2 Å². The minimum Gasteiger partial charge on any atom is -0.508 e. The summed E-state index contributed by atoms with van der Waals surface area (Å²) in [5.74, 6) is -0.552. The van der Waals surface area contributed by atoms with Gasteiger partial charge in [-0.3, -0.25) is 14.4 Å². The van der Waals surface area contributed by atoms with E-state index >= 15 is 4.39 Å². The van der Waals surface area contributed by atoms with Crippen LogP contribution in [-0.2, 0) is 25.7 Å². The van der Waals surface area contributed by atoms with Crippen LogP contribution in [0.2, 0.25) is 5.02 Å². The first-order valence-corrected chi connectivity index (χ1v) is 26.8. The number of aliphatic hydroxyl groups excluding tert-OH is 1. The lowest BCUT2D eigenvalue weighted by Gasteiger charge is -2.29. The number of aromatic nitrogens is 4. The lowest BCUT2D eigenvalue weighted by atomic mass is 9.91.